The minimum Gasteiger partial charge on any atom is -0.332 e. The summed E-state index contributed by atoms with van der Waals surface area (Å²) < 4.78 is 66.6. The van der Waals surface area contributed by atoms with E-state index in [0.717, 1.165) is 24.3 Å². The van der Waals surface area contributed by atoms with Crippen LogP contribution in [0.4, 0.5) is 18.9 Å². The quantitative estimate of drug-likeness (QED) is 0.447. The highest BCUT2D eigenvalue weighted by molar-refractivity contribution is 7.86. The average molecular weight is 382 g/mol. The number of alkyl halides is 3. The van der Waals surface area contributed by atoms with E-state index in [1.807, 2.05) is 0 Å². The highest BCUT2D eigenvalue weighted by Crippen LogP contribution is 2.25. The predicted molar refractivity (Wildman–Crippen MR) is 77.0 cm³/mol. The van der Waals surface area contributed by atoms with Crippen molar-refractivity contribution in [2.45, 2.75) is 30.0 Å². The zero-order valence-electron chi connectivity index (χ0n) is 12.6. The van der Waals surface area contributed by atoms with Crippen LogP contribution in [0.15, 0.2) is 29.2 Å². The van der Waals surface area contributed by atoms with E-state index in [9.17, 15) is 36.5 Å². The number of non-ortho nitro benzene ring substituents is 1. The van der Waals surface area contributed by atoms with Gasteiger partial charge in [-0.25, -0.2) is 0 Å². The van der Waals surface area contributed by atoms with Crippen molar-refractivity contribution in [2.24, 2.45) is 0 Å². The molecular weight excluding hydrogens is 369 g/mol. The number of amides is 1. The van der Waals surface area contributed by atoms with Crippen LogP contribution in [0, 0.1) is 10.1 Å². The molecule has 0 bridgehead atoms. The largest absolute Gasteiger partial charge is 0.471 e. The van der Waals surface area contributed by atoms with E-state index in [4.69, 9.17) is 4.18 Å². The van der Waals surface area contributed by atoms with Gasteiger partial charge < -0.3 is 4.90 Å². The Morgan fingerprint density at radius 2 is 1.88 bits per heavy atom. The van der Waals surface area contributed by atoms with Gasteiger partial charge in [0.2, 0.25) is 0 Å². The Bertz CT molecular complexity index is 763. The van der Waals surface area contributed by atoms with Crippen molar-refractivity contribution in [1.82, 2.24) is 4.90 Å². The zero-order chi connectivity index (χ0) is 18.8. The third-order valence-corrected chi connectivity index (χ3v) is 4.88. The summed E-state index contributed by atoms with van der Waals surface area (Å²) in [4.78, 5) is 21.2. The molecule has 1 heterocycles. The number of hydrogen-bond donors (Lipinski definition) is 0. The van der Waals surface area contributed by atoms with E-state index in [0.29, 0.717) is 4.90 Å². The Morgan fingerprint density at radius 3 is 2.40 bits per heavy atom. The second-order valence-corrected chi connectivity index (χ2v) is 6.89. The molecule has 1 atom stereocenters. The average Bonchev–Trinajstić information content (AvgIpc) is 2.53. The standard InChI is InChI=1S/C13H13F3N2O6S/c14-13(15,16)12(19)17-7-1-2-10(8-17)24-25(22,23)11-5-3-9(4-6-11)18(20)21/h3-6,10H,1-2,7-8H2/t10-/m0/s1. The number of likely N-dealkylation sites (tertiary alicyclic amines) is 1. The number of benzene rings is 1. The highest BCUT2D eigenvalue weighted by Gasteiger charge is 2.44. The lowest BCUT2D eigenvalue weighted by molar-refractivity contribution is -0.384. The maximum Gasteiger partial charge on any atom is 0.471 e. The van der Waals surface area contributed by atoms with Gasteiger partial charge in [0.1, 0.15) is 0 Å². The number of carbonyl (C=O) groups excluding carboxylic acids is 1. The van der Waals surface area contributed by atoms with Gasteiger partial charge in [0.15, 0.2) is 0 Å². The second-order valence-electron chi connectivity index (χ2n) is 5.31. The first-order valence-electron chi connectivity index (χ1n) is 7.04. The molecule has 1 aliphatic rings. The molecule has 0 unspecified atom stereocenters. The summed E-state index contributed by atoms with van der Waals surface area (Å²) in [5.74, 6) is -2.05. The van der Waals surface area contributed by atoms with Crippen LogP contribution in [0.5, 0.6) is 0 Å². The molecule has 1 aromatic rings. The van der Waals surface area contributed by atoms with E-state index >= 15 is 0 Å². The molecular formula is C13H13F3N2O6S. The van der Waals surface area contributed by atoms with E-state index in [-0.39, 0.29) is 30.0 Å². The highest BCUT2D eigenvalue weighted by atomic mass is 32.2. The predicted octanol–water partition coefficient (Wildman–Crippen LogP) is 1.85. The Morgan fingerprint density at radius 1 is 1.28 bits per heavy atom. The fourth-order valence-electron chi connectivity index (χ4n) is 2.35. The summed E-state index contributed by atoms with van der Waals surface area (Å²) in [6.07, 6.45) is -5.85. The second kappa shape index (κ2) is 6.96. The number of nitro groups is 1. The van der Waals surface area contributed by atoms with Crippen molar-refractivity contribution < 1.29 is 35.5 Å². The van der Waals surface area contributed by atoms with E-state index in [1.165, 1.54) is 0 Å². The molecule has 0 saturated carbocycles. The minimum absolute atomic E-state index is 0.143. The van der Waals surface area contributed by atoms with Gasteiger partial charge in [0, 0.05) is 25.2 Å². The normalized spacial score (nSPS) is 18.8. The lowest BCUT2D eigenvalue weighted by Crippen LogP contribution is -2.48. The Labute approximate surface area is 140 Å². The van der Waals surface area contributed by atoms with Crippen molar-refractivity contribution in [3.05, 3.63) is 34.4 Å². The molecule has 1 saturated heterocycles. The van der Waals surface area contributed by atoms with Crippen LogP contribution >= 0.6 is 0 Å². The lowest BCUT2D eigenvalue weighted by Gasteiger charge is -2.32. The van der Waals surface area contributed by atoms with Crippen molar-refractivity contribution in [2.75, 3.05) is 13.1 Å². The number of nitro benzene ring substituents is 1. The third-order valence-electron chi connectivity index (χ3n) is 3.51. The molecule has 0 aliphatic carbocycles. The first-order valence-corrected chi connectivity index (χ1v) is 8.45. The molecule has 1 aliphatic heterocycles. The summed E-state index contributed by atoms with van der Waals surface area (Å²) >= 11 is 0. The molecule has 2 rings (SSSR count). The summed E-state index contributed by atoms with van der Waals surface area (Å²) in [5, 5.41) is 10.6. The molecule has 0 aromatic heterocycles. The first kappa shape index (κ1) is 19.1. The summed E-state index contributed by atoms with van der Waals surface area (Å²) in [6, 6.07) is 3.87. The van der Waals surface area contributed by atoms with Gasteiger partial charge in [-0.15, -0.1) is 0 Å². The molecule has 1 amide bonds. The van der Waals surface area contributed by atoms with E-state index in [2.05, 4.69) is 0 Å². The summed E-state index contributed by atoms with van der Waals surface area (Å²) in [5.41, 5.74) is -0.321. The Balaban J connectivity index is 2.09. The van der Waals surface area contributed by atoms with Crippen LogP contribution in [-0.2, 0) is 19.1 Å². The van der Waals surface area contributed by atoms with Crippen LogP contribution in [-0.4, -0.2) is 49.5 Å². The van der Waals surface area contributed by atoms with Gasteiger partial charge in [-0.05, 0) is 25.0 Å². The summed E-state index contributed by atoms with van der Waals surface area (Å²) in [7, 11) is -4.33. The van der Waals surface area contributed by atoms with Crippen molar-refractivity contribution in [3.63, 3.8) is 0 Å². The number of piperidine rings is 1. The van der Waals surface area contributed by atoms with Crippen LogP contribution in [0.3, 0.4) is 0 Å². The molecule has 138 valence electrons. The maximum absolute atomic E-state index is 12.5. The van der Waals surface area contributed by atoms with Crippen LogP contribution in [0.1, 0.15) is 12.8 Å². The van der Waals surface area contributed by atoms with Crippen molar-refractivity contribution >= 4 is 21.7 Å². The van der Waals surface area contributed by atoms with Gasteiger partial charge in [-0.3, -0.25) is 19.1 Å². The van der Waals surface area contributed by atoms with Gasteiger partial charge in [-0.1, -0.05) is 0 Å². The number of nitrogens with zero attached hydrogens (tertiary/aromatic N) is 2. The minimum atomic E-state index is -5.04. The van der Waals surface area contributed by atoms with Crippen LogP contribution < -0.4 is 0 Å². The SMILES string of the molecule is O=C(N1CCC[C@H](OS(=O)(=O)c2ccc([N+](=O)[O-])cc2)C1)C(F)(F)F. The monoisotopic (exact) mass is 382 g/mol. The topological polar surface area (TPSA) is 107 Å². The fraction of sp³-hybridized carbons (Fsp3) is 0.462. The number of carbonyl (C=O) groups is 1. The Kier molecular flexibility index (Phi) is 5.32. The fourth-order valence-corrected chi connectivity index (χ4v) is 3.45. The lowest BCUT2D eigenvalue weighted by atomic mass is 10.1. The molecule has 1 aromatic carbocycles. The van der Waals surface area contributed by atoms with Crippen molar-refractivity contribution in [3.8, 4) is 0 Å². The van der Waals surface area contributed by atoms with Gasteiger partial charge in [0.25, 0.3) is 15.8 Å². The molecule has 0 N–H and O–H groups in total. The molecule has 12 heteroatoms. The number of rotatable bonds is 4. The zero-order valence-corrected chi connectivity index (χ0v) is 13.4. The van der Waals surface area contributed by atoms with Crippen LogP contribution in [0.25, 0.3) is 0 Å². The Hall–Kier alpha value is -2.21. The number of halogens is 3. The molecule has 1 fully saturated rings. The first-order chi connectivity index (χ1) is 11.5. The van der Waals surface area contributed by atoms with E-state index < -0.39 is 39.8 Å². The van der Waals surface area contributed by atoms with Gasteiger partial charge in [0.05, 0.1) is 15.9 Å². The summed E-state index contributed by atoms with van der Waals surface area (Å²) in [6.45, 7) is -0.652. The molecule has 25 heavy (non-hydrogen) atoms. The van der Waals surface area contributed by atoms with Gasteiger partial charge >= 0.3 is 12.1 Å². The molecule has 0 radical (unpaired) electrons. The van der Waals surface area contributed by atoms with E-state index in [1.54, 1.807) is 0 Å². The number of hydrogen-bond acceptors (Lipinski definition) is 6. The third kappa shape index (κ3) is 4.66. The molecule has 0 spiro atoms. The van der Waals surface area contributed by atoms with Crippen LogP contribution in [0.2, 0.25) is 0 Å². The molecule has 8 nitrogen and oxygen atoms in total. The smallest absolute Gasteiger partial charge is 0.332 e. The van der Waals surface area contributed by atoms with Gasteiger partial charge in [-0.2, -0.15) is 21.6 Å². The maximum atomic E-state index is 12.5. The van der Waals surface area contributed by atoms with Crippen molar-refractivity contribution in [1.29, 1.82) is 0 Å².